The lowest BCUT2D eigenvalue weighted by molar-refractivity contribution is -0.116. The molecule has 3 aromatic carbocycles. The third-order valence-electron chi connectivity index (χ3n) is 5.23. The minimum absolute atomic E-state index is 0.178. The zero-order valence-corrected chi connectivity index (χ0v) is 19.3. The number of anilines is 1. The van der Waals surface area contributed by atoms with Gasteiger partial charge in [0.05, 0.1) is 16.8 Å². The van der Waals surface area contributed by atoms with Gasteiger partial charge in [-0.15, -0.1) is 10.2 Å². The number of ether oxygens (including phenoxy) is 1. The molecular weight excluding hydrogens is 477 g/mol. The van der Waals surface area contributed by atoms with Gasteiger partial charge in [0.25, 0.3) is 0 Å². The molecule has 1 aromatic heterocycles. The van der Waals surface area contributed by atoms with Crippen LogP contribution >= 0.6 is 23.4 Å². The minimum Gasteiger partial charge on any atom is -0.486 e. The van der Waals surface area contributed by atoms with Crippen molar-refractivity contribution in [3.8, 4) is 5.75 Å². The molecule has 0 radical (unpaired) electrons. The summed E-state index contributed by atoms with van der Waals surface area (Å²) in [5, 5.41) is 11.7. The Balaban J connectivity index is 1.43. The first kappa shape index (κ1) is 22.2. The van der Waals surface area contributed by atoms with Gasteiger partial charge < -0.3 is 15.5 Å². The van der Waals surface area contributed by atoms with E-state index in [1.54, 1.807) is 41.1 Å². The number of amides is 1. The van der Waals surface area contributed by atoms with Crippen molar-refractivity contribution in [3.05, 3.63) is 101 Å². The number of hydrogen-bond acceptors (Lipinski definition) is 6. The summed E-state index contributed by atoms with van der Waals surface area (Å²) in [6.07, 6.45) is 0. The van der Waals surface area contributed by atoms with Crippen LogP contribution in [0.1, 0.15) is 17.4 Å². The fourth-order valence-corrected chi connectivity index (χ4v) is 4.83. The lowest BCUT2D eigenvalue weighted by Gasteiger charge is -2.33. The van der Waals surface area contributed by atoms with Crippen LogP contribution in [0.3, 0.4) is 0 Å². The number of halogens is 2. The molecular formula is C24H19ClFN5O2S. The van der Waals surface area contributed by atoms with Crippen LogP contribution in [0.2, 0.25) is 5.02 Å². The summed E-state index contributed by atoms with van der Waals surface area (Å²) >= 11 is 7.49. The quantitative estimate of drug-likeness (QED) is 0.390. The number of nitrogens with one attached hydrogen (secondary N) is 2. The van der Waals surface area contributed by atoms with Crippen molar-refractivity contribution in [2.24, 2.45) is 0 Å². The highest BCUT2D eigenvalue weighted by atomic mass is 35.5. The Morgan fingerprint density at radius 3 is 2.56 bits per heavy atom. The van der Waals surface area contributed by atoms with Gasteiger partial charge in [0, 0.05) is 0 Å². The van der Waals surface area contributed by atoms with E-state index < -0.39 is 11.3 Å². The largest absolute Gasteiger partial charge is 0.486 e. The number of aromatic nitrogens is 3. The molecule has 2 N–H and O–H groups in total. The summed E-state index contributed by atoms with van der Waals surface area (Å²) in [5.41, 5.74) is 4.57. The van der Waals surface area contributed by atoms with Gasteiger partial charge in [0.15, 0.2) is 5.82 Å². The number of fused-ring (bicyclic) bond motifs is 1. The van der Waals surface area contributed by atoms with E-state index in [9.17, 15) is 9.18 Å². The van der Waals surface area contributed by atoms with Crippen LogP contribution in [-0.2, 0) is 11.4 Å². The van der Waals surface area contributed by atoms with E-state index in [1.165, 1.54) is 23.9 Å². The molecule has 0 bridgehead atoms. The van der Waals surface area contributed by atoms with E-state index in [-0.39, 0.29) is 18.3 Å². The zero-order chi connectivity index (χ0) is 23.5. The number of nitrogens with zero attached hydrogens (tertiary/aromatic N) is 3. The van der Waals surface area contributed by atoms with Crippen molar-refractivity contribution in [2.45, 2.75) is 23.1 Å². The molecule has 1 amide bonds. The summed E-state index contributed by atoms with van der Waals surface area (Å²) in [6, 6.07) is 21.9. The molecule has 0 spiro atoms. The van der Waals surface area contributed by atoms with Crippen molar-refractivity contribution in [3.63, 3.8) is 0 Å². The highest BCUT2D eigenvalue weighted by Crippen LogP contribution is 2.38. The van der Waals surface area contributed by atoms with Gasteiger partial charge >= 0.3 is 0 Å². The van der Waals surface area contributed by atoms with Gasteiger partial charge in [-0.05, 0) is 42.0 Å². The maximum Gasteiger partial charge on any atom is 0.240 e. The predicted molar refractivity (Wildman–Crippen MR) is 129 cm³/mol. The average molecular weight is 496 g/mol. The Morgan fingerprint density at radius 1 is 1.06 bits per heavy atom. The first-order valence-electron chi connectivity index (χ1n) is 10.4. The van der Waals surface area contributed by atoms with E-state index in [0.717, 1.165) is 5.56 Å². The summed E-state index contributed by atoms with van der Waals surface area (Å²) in [5.74, 6) is 0.626. The van der Waals surface area contributed by atoms with E-state index in [0.29, 0.717) is 27.4 Å². The molecule has 5 rings (SSSR count). The van der Waals surface area contributed by atoms with Crippen LogP contribution < -0.4 is 15.5 Å². The summed E-state index contributed by atoms with van der Waals surface area (Å²) < 4.78 is 21.1. The Morgan fingerprint density at radius 2 is 1.79 bits per heavy atom. The van der Waals surface area contributed by atoms with Crippen molar-refractivity contribution >= 4 is 35.0 Å². The second kappa shape index (κ2) is 9.74. The zero-order valence-electron chi connectivity index (χ0n) is 17.7. The van der Waals surface area contributed by atoms with Gasteiger partial charge in [-0.1, -0.05) is 65.8 Å². The molecule has 1 aliphatic rings. The predicted octanol–water partition coefficient (Wildman–Crippen LogP) is 5.05. The van der Waals surface area contributed by atoms with Gasteiger partial charge in [-0.25, -0.2) is 9.07 Å². The van der Waals surface area contributed by atoms with E-state index in [1.807, 2.05) is 30.3 Å². The lowest BCUT2D eigenvalue weighted by atomic mass is 10.0. The summed E-state index contributed by atoms with van der Waals surface area (Å²) in [6.45, 7) is 0.178. The van der Waals surface area contributed by atoms with E-state index in [2.05, 4.69) is 20.9 Å². The number of carbonyl (C=O) groups is 1. The SMILES string of the molecule is O=C(Nc1ccccc1Cl)[C@H]1Sc2nnc(COc3ccccc3)n2N[C@H]1c1ccc(F)cc1. The molecule has 7 nitrogen and oxygen atoms in total. The minimum atomic E-state index is -0.624. The number of hydrogen-bond donors (Lipinski definition) is 2. The first-order valence-corrected chi connectivity index (χ1v) is 11.7. The molecule has 4 aromatic rings. The third-order valence-corrected chi connectivity index (χ3v) is 6.78. The van der Waals surface area contributed by atoms with Crippen molar-refractivity contribution in [2.75, 3.05) is 10.7 Å². The van der Waals surface area contributed by atoms with Crippen LogP contribution in [0.5, 0.6) is 5.75 Å². The number of benzene rings is 3. The molecule has 0 aliphatic carbocycles. The monoisotopic (exact) mass is 495 g/mol. The maximum atomic E-state index is 13.6. The molecule has 0 saturated heterocycles. The Hall–Kier alpha value is -3.56. The van der Waals surface area contributed by atoms with Crippen LogP contribution in [0.15, 0.2) is 84.0 Å². The first-order chi connectivity index (χ1) is 16.6. The van der Waals surface area contributed by atoms with E-state index in [4.69, 9.17) is 16.3 Å². The molecule has 2 heterocycles. The number of carbonyl (C=O) groups excluding carboxylic acids is 1. The maximum absolute atomic E-state index is 13.6. The third kappa shape index (κ3) is 4.71. The second-order valence-electron chi connectivity index (χ2n) is 7.50. The van der Waals surface area contributed by atoms with Gasteiger partial charge in [0.1, 0.15) is 23.4 Å². The van der Waals surface area contributed by atoms with Crippen molar-refractivity contribution in [1.82, 2.24) is 14.9 Å². The highest BCUT2D eigenvalue weighted by molar-refractivity contribution is 8.00. The smallest absolute Gasteiger partial charge is 0.240 e. The van der Waals surface area contributed by atoms with Crippen molar-refractivity contribution < 1.29 is 13.9 Å². The van der Waals surface area contributed by atoms with Gasteiger partial charge in [-0.2, -0.15) is 0 Å². The van der Waals surface area contributed by atoms with Gasteiger partial charge in [-0.3, -0.25) is 4.79 Å². The van der Waals surface area contributed by atoms with Gasteiger partial charge in [0.2, 0.25) is 11.1 Å². The van der Waals surface area contributed by atoms with Crippen LogP contribution in [0.4, 0.5) is 10.1 Å². The summed E-state index contributed by atoms with van der Waals surface area (Å²) in [4.78, 5) is 13.3. The second-order valence-corrected chi connectivity index (χ2v) is 9.02. The Bertz CT molecular complexity index is 1300. The normalized spacial score (nSPS) is 16.9. The number of thioether (sulfide) groups is 1. The molecule has 1 aliphatic heterocycles. The number of rotatable bonds is 6. The Labute approximate surface area is 204 Å². The molecule has 2 atom stereocenters. The fraction of sp³-hybridized carbons (Fsp3) is 0.125. The van der Waals surface area contributed by atoms with E-state index >= 15 is 0 Å². The molecule has 0 unspecified atom stereocenters. The average Bonchev–Trinajstić information content (AvgIpc) is 3.26. The lowest BCUT2D eigenvalue weighted by Crippen LogP contribution is -2.41. The number of para-hydroxylation sites is 2. The van der Waals surface area contributed by atoms with Crippen LogP contribution in [-0.4, -0.2) is 26.0 Å². The molecule has 0 saturated carbocycles. The summed E-state index contributed by atoms with van der Waals surface area (Å²) in [7, 11) is 0. The van der Waals surface area contributed by atoms with Crippen LogP contribution in [0.25, 0.3) is 0 Å². The molecule has 10 heteroatoms. The molecule has 0 fully saturated rings. The fourth-order valence-electron chi connectivity index (χ4n) is 3.54. The standard InChI is InChI=1S/C24H19ClFN5O2S/c25-18-8-4-5-9-19(18)27-23(32)22-21(15-10-12-16(26)13-11-15)30-31-20(28-29-24(31)34-22)14-33-17-6-2-1-3-7-17/h1-13,21-22,30H,14H2,(H,27,32)/t21-,22-/m0/s1. The van der Waals surface area contributed by atoms with Crippen LogP contribution in [0, 0.1) is 5.82 Å². The molecule has 34 heavy (non-hydrogen) atoms. The highest BCUT2D eigenvalue weighted by Gasteiger charge is 2.38. The topological polar surface area (TPSA) is 81.1 Å². The molecule has 172 valence electrons. The van der Waals surface area contributed by atoms with Crippen molar-refractivity contribution in [1.29, 1.82) is 0 Å². The Kier molecular flexibility index (Phi) is 6.37.